The summed E-state index contributed by atoms with van der Waals surface area (Å²) >= 11 is 0. The summed E-state index contributed by atoms with van der Waals surface area (Å²) in [5, 5.41) is 13.1. The molecule has 0 bridgehead atoms. The number of fused-ring (bicyclic) bond motifs is 1. The number of carboxylic acid groups (broad SMARTS) is 1. The van der Waals surface area contributed by atoms with Gasteiger partial charge in [0.05, 0.1) is 22.5 Å². The molecule has 186 valence electrons. The maximum absolute atomic E-state index is 13.2. The predicted molar refractivity (Wildman–Crippen MR) is 134 cm³/mol. The van der Waals surface area contributed by atoms with E-state index in [4.69, 9.17) is 5.73 Å². The number of sulfonamides is 1. The molecule has 0 saturated heterocycles. The lowest BCUT2D eigenvalue weighted by molar-refractivity contribution is -0.141. The van der Waals surface area contributed by atoms with Crippen molar-refractivity contribution in [3.05, 3.63) is 95.8 Å². The topological polar surface area (TPSA) is 167 Å². The fourth-order valence-corrected chi connectivity index (χ4v) is 5.09. The second-order valence-electron chi connectivity index (χ2n) is 8.16. The minimum Gasteiger partial charge on any atom is -0.479 e. The summed E-state index contributed by atoms with van der Waals surface area (Å²) in [5.41, 5.74) is 5.77. The lowest BCUT2D eigenvalue weighted by Crippen LogP contribution is -2.64. The number of ketones is 1. The third-order valence-corrected chi connectivity index (χ3v) is 7.21. The van der Waals surface area contributed by atoms with Crippen molar-refractivity contribution >= 4 is 32.8 Å². The van der Waals surface area contributed by atoms with Crippen LogP contribution in [0.1, 0.15) is 21.7 Å². The number of rotatable bonds is 11. The average molecular weight is 508 g/mol. The van der Waals surface area contributed by atoms with Crippen molar-refractivity contribution in [1.29, 1.82) is 0 Å². The molecule has 0 saturated carbocycles. The Morgan fingerprint density at radius 2 is 1.61 bits per heavy atom. The Bertz CT molecular complexity index is 1450. The smallest absolute Gasteiger partial charge is 0.334 e. The highest BCUT2D eigenvalue weighted by molar-refractivity contribution is 7.89. The van der Waals surface area contributed by atoms with E-state index in [9.17, 15) is 23.1 Å². The van der Waals surface area contributed by atoms with Crippen molar-refractivity contribution in [3.63, 3.8) is 0 Å². The first-order valence-electron chi connectivity index (χ1n) is 11.1. The van der Waals surface area contributed by atoms with Crippen LogP contribution in [-0.4, -0.2) is 47.3 Å². The van der Waals surface area contributed by atoms with Gasteiger partial charge in [-0.15, -0.1) is 0 Å². The Labute approximate surface area is 207 Å². The minimum atomic E-state index is -4.34. The van der Waals surface area contributed by atoms with Gasteiger partial charge >= 0.3 is 5.97 Å². The van der Waals surface area contributed by atoms with E-state index in [2.05, 4.69) is 15.3 Å². The number of H-pyrrole nitrogens is 1. The first-order valence-corrected chi connectivity index (χ1v) is 12.5. The molecule has 6 N–H and O–H groups in total. The number of aromatic nitrogens is 2. The number of hydrogen-bond donors (Lipinski definition) is 5. The number of imidazole rings is 1. The maximum atomic E-state index is 13.2. The molecule has 0 aliphatic heterocycles. The van der Waals surface area contributed by atoms with Gasteiger partial charge in [0.1, 0.15) is 5.82 Å². The Hall–Kier alpha value is -3.90. The first kappa shape index (κ1) is 25.2. The zero-order valence-electron chi connectivity index (χ0n) is 19.1. The van der Waals surface area contributed by atoms with Crippen LogP contribution in [0.2, 0.25) is 0 Å². The van der Waals surface area contributed by atoms with E-state index in [1.165, 1.54) is 36.4 Å². The lowest BCUT2D eigenvalue weighted by atomic mass is 9.90. The standard InChI is InChI=1S/C25H25N5O5S/c26-16-25(24(32)33,30-36(34,35)19-6-2-1-3-7-19)23(31)18-12-10-17(11-13-18)14-27-15-22-28-20-8-4-5-9-21(20)29-22/h1-13,27,30H,14-16,26H2,(H,28,29)(H,32,33). The monoisotopic (exact) mass is 507 g/mol. The third kappa shape index (κ3) is 5.19. The molecule has 0 aliphatic rings. The van der Waals surface area contributed by atoms with Crippen molar-refractivity contribution in [3.8, 4) is 0 Å². The number of Topliss-reactive ketones (excluding diaryl/α,β-unsaturated/α-hetero) is 1. The van der Waals surface area contributed by atoms with Gasteiger partial charge in [-0.25, -0.2) is 18.2 Å². The van der Waals surface area contributed by atoms with Crippen molar-refractivity contribution < 1.29 is 23.1 Å². The van der Waals surface area contributed by atoms with Gasteiger partial charge in [0, 0.05) is 18.7 Å². The maximum Gasteiger partial charge on any atom is 0.334 e. The summed E-state index contributed by atoms with van der Waals surface area (Å²) in [7, 11) is -4.34. The van der Waals surface area contributed by atoms with E-state index in [0.29, 0.717) is 13.1 Å². The number of para-hydroxylation sites is 2. The van der Waals surface area contributed by atoms with Crippen LogP contribution in [-0.2, 0) is 27.9 Å². The summed E-state index contributed by atoms with van der Waals surface area (Å²) in [6.45, 7) is 0.188. The summed E-state index contributed by atoms with van der Waals surface area (Å²) in [6.07, 6.45) is 0. The molecule has 1 unspecified atom stereocenters. The van der Waals surface area contributed by atoms with Crippen molar-refractivity contribution in [2.75, 3.05) is 6.54 Å². The summed E-state index contributed by atoms with van der Waals surface area (Å²) < 4.78 is 27.6. The van der Waals surface area contributed by atoms with Crippen LogP contribution in [0.3, 0.4) is 0 Å². The van der Waals surface area contributed by atoms with Crippen LogP contribution in [0, 0.1) is 0 Å². The van der Waals surface area contributed by atoms with E-state index in [-0.39, 0.29) is 10.5 Å². The number of aromatic amines is 1. The number of carboxylic acids is 1. The van der Waals surface area contributed by atoms with E-state index < -0.39 is 33.9 Å². The molecule has 1 heterocycles. The molecule has 0 amide bonds. The molecule has 0 fully saturated rings. The van der Waals surface area contributed by atoms with Crippen molar-refractivity contribution in [2.45, 2.75) is 23.5 Å². The summed E-state index contributed by atoms with van der Waals surface area (Å²) in [4.78, 5) is 32.9. The molecule has 0 radical (unpaired) electrons. The number of carbonyl (C=O) groups is 2. The summed E-state index contributed by atoms with van der Waals surface area (Å²) in [5.74, 6) is -1.87. The molecule has 3 aromatic carbocycles. The molecular weight excluding hydrogens is 482 g/mol. The largest absolute Gasteiger partial charge is 0.479 e. The van der Waals surface area contributed by atoms with Crippen LogP contribution < -0.4 is 15.8 Å². The van der Waals surface area contributed by atoms with E-state index in [1.807, 2.05) is 29.0 Å². The van der Waals surface area contributed by atoms with Gasteiger partial charge in [0.2, 0.25) is 15.6 Å². The van der Waals surface area contributed by atoms with Gasteiger partial charge in [-0.3, -0.25) is 4.79 Å². The Morgan fingerprint density at radius 1 is 0.944 bits per heavy atom. The second-order valence-corrected chi connectivity index (χ2v) is 9.85. The number of benzene rings is 3. The number of carbonyl (C=O) groups excluding carboxylic acids is 1. The van der Waals surface area contributed by atoms with Gasteiger partial charge in [-0.2, -0.15) is 4.72 Å². The molecule has 1 aromatic heterocycles. The number of aliphatic carboxylic acids is 1. The van der Waals surface area contributed by atoms with Crippen LogP contribution in [0.25, 0.3) is 11.0 Å². The molecule has 36 heavy (non-hydrogen) atoms. The number of nitrogens with zero attached hydrogens (tertiary/aromatic N) is 1. The highest BCUT2D eigenvalue weighted by Crippen LogP contribution is 2.19. The number of nitrogens with two attached hydrogens (primary N) is 1. The van der Waals surface area contributed by atoms with Gasteiger partial charge < -0.3 is 21.1 Å². The fourth-order valence-electron chi connectivity index (χ4n) is 3.73. The van der Waals surface area contributed by atoms with Crippen molar-refractivity contribution in [1.82, 2.24) is 20.0 Å². The number of hydrogen-bond acceptors (Lipinski definition) is 7. The zero-order valence-corrected chi connectivity index (χ0v) is 20.0. The Balaban J connectivity index is 1.46. The fraction of sp³-hybridized carbons (Fsp3) is 0.160. The van der Waals surface area contributed by atoms with E-state index >= 15 is 0 Å². The molecular formula is C25H25N5O5S. The highest BCUT2D eigenvalue weighted by Gasteiger charge is 2.48. The highest BCUT2D eigenvalue weighted by atomic mass is 32.2. The van der Waals surface area contributed by atoms with Crippen LogP contribution in [0.4, 0.5) is 0 Å². The normalized spacial score (nSPS) is 13.4. The van der Waals surface area contributed by atoms with Gasteiger partial charge in [-0.1, -0.05) is 54.6 Å². The van der Waals surface area contributed by atoms with Crippen LogP contribution >= 0.6 is 0 Å². The average Bonchev–Trinajstić information content (AvgIpc) is 3.30. The predicted octanol–water partition coefficient (Wildman–Crippen LogP) is 1.80. The first-order chi connectivity index (χ1) is 17.2. The minimum absolute atomic E-state index is 0.0136. The lowest BCUT2D eigenvalue weighted by Gasteiger charge is -2.27. The van der Waals surface area contributed by atoms with Crippen LogP contribution in [0.5, 0.6) is 0 Å². The molecule has 11 heteroatoms. The zero-order chi connectivity index (χ0) is 25.8. The van der Waals surface area contributed by atoms with E-state index in [0.717, 1.165) is 22.4 Å². The molecule has 0 spiro atoms. The molecule has 10 nitrogen and oxygen atoms in total. The molecule has 4 rings (SSSR count). The van der Waals surface area contributed by atoms with Crippen molar-refractivity contribution in [2.24, 2.45) is 5.73 Å². The van der Waals surface area contributed by atoms with Gasteiger partial charge in [0.25, 0.3) is 0 Å². The quantitative estimate of drug-likeness (QED) is 0.151. The van der Waals surface area contributed by atoms with Gasteiger partial charge in [0.15, 0.2) is 5.78 Å². The summed E-state index contributed by atoms with van der Waals surface area (Å²) in [6, 6.07) is 21.1. The van der Waals surface area contributed by atoms with Crippen LogP contribution in [0.15, 0.2) is 83.8 Å². The number of nitrogens with one attached hydrogen (secondary N) is 3. The molecule has 0 aliphatic carbocycles. The SMILES string of the molecule is NCC(NS(=O)(=O)c1ccccc1)(C(=O)O)C(=O)c1ccc(CNCc2nc3ccccc3[nH]2)cc1. The van der Waals surface area contributed by atoms with Gasteiger partial charge in [-0.05, 0) is 29.8 Å². The third-order valence-electron chi connectivity index (χ3n) is 5.70. The molecule has 4 aromatic rings. The second kappa shape index (κ2) is 10.4. The Morgan fingerprint density at radius 3 is 2.25 bits per heavy atom. The molecule has 1 atom stereocenters. The Kier molecular flexibility index (Phi) is 7.27. The van der Waals surface area contributed by atoms with E-state index in [1.54, 1.807) is 18.2 Å².